The molecule has 3 heteroatoms. The molecule has 0 radical (unpaired) electrons. The first-order chi connectivity index (χ1) is 7.00. The molecular formula is C12H14O3. The van der Waals surface area contributed by atoms with Gasteiger partial charge in [0.1, 0.15) is 5.75 Å². The number of rotatable bonds is 3. The summed E-state index contributed by atoms with van der Waals surface area (Å²) >= 11 is 0. The Kier molecular flexibility index (Phi) is 3.61. The minimum atomic E-state index is -0.363. The molecule has 0 spiro atoms. The Morgan fingerprint density at radius 3 is 2.07 bits per heavy atom. The number of Topliss-reactive ketones (excluding diaryl/α,β-unsaturated/α-hetero) is 1. The fourth-order valence-electron chi connectivity index (χ4n) is 1.19. The fraction of sp³-hybridized carbons (Fsp3) is 0.333. The van der Waals surface area contributed by atoms with Crippen molar-refractivity contribution in [2.45, 2.75) is 20.8 Å². The lowest BCUT2D eigenvalue weighted by atomic mass is 10.0. The second-order valence-electron chi connectivity index (χ2n) is 3.64. The first kappa shape index (κ1) is 11.4. The van der Waals surface area contributed by atoms with Crippen LogP contribution in [0, 0.1) is 5.92 Å². The maximum atomic E-state index is 11.6. The van der Waals surface area contributed by atoms with Crippen molar-refractivity contribution in [3.63, 3.8) is 0 Å². The molecule has 0 unspecified atom stereocenters. The van der Waals surface area contributed by atoms with Crippen molar-refractivity contribution in [3.05, 3.63) is 29.8 Å². The van der Waals surface area contributed by atoms with Gasteiger partial charge in [-0.15, -0.1) is 0 Å². The minimum absolute atomic E-state index is 0.0235. The van der Waals surface area contributed by atoms with Gasteiger partial charge in [-0.25, -0.2) is 0 Å². The predicted molar refractivity (Wildman–Crippen MR) is 56.9 cm³/mol. The maximum Gasteiger partial charge on any atom is 0.308 e. The number of hydrogen-bond donors (Lipinski definition) is 0. The normalized spacial score (nSPS) is 10.1. The van der Waals surface area contributed by atoms with E-state index in [0.717, 1.165) is 0 Å². The molecule has 0 fully saturated rings. The van der Waals surface area contributed by atoms with Gasteiger partial charge in [0.15, 0.2) is 5.78 Å². The summed E-state index contributed by atoms with van der Waals surface area (Å²) in [5.41, 5.74) is 0.640. The SMILES string of the molecule is CC(=O)Oc1ccc(C(=O)C(C)C)cc1. The molecule has 0 atom stereocenters. The maximum absolute atomic E-state index is 11.6. The van der Waals surface area contributed by atoms with Crippen LogP contribution in [0.25, 0.3) is 0 Å². The van der Waals surface area contributed by atoms with Crippen molar-refractivity contribution >= 4 is 11.8 Å². The molecule has 1 aromatic carbocycles. The zero-order valence-electron chi connectivity index (χ0n) is 9.11. The highest BCUT2D eigenvalue weighted by atomic mass is 16.5. The topological polar surface area (TPSA) is 43.4 Å². The number of carbonyl (C=O) groups is 2. The van der Waals surface area contributed by atoms with Crippen LogP contribution in [-0.2, 0) is 4.79 Å². The zero-order valence-corrected chi connectivity index (χ0v) is 9.11. The molecule has 0 heterocycles. The molecule has 80 valence electrons. The molecule has 1 rings (SSSR count). The summed E-state index contributed by atoms with van der Waals surface area (Å²) in [6, 6.07) is 6.58. The number of benzene rings is 1. The van der Waals surface area contributed by atoms with E-state index in [1.807, 2.05) is 13.8 Å². The van der Waals surface area contributed by atoms with E-state index in [1.54, 1.807) is 24.3 Å². The number of esters is 1. The van der Waals surface area contributed by atoms with Crippen LogP contribution in [-0.4, -0.2) is 11.8 Å². The molecule has 0 amide bonds. The summed E-state index contributed by atoms with van der Waals surface area (Å²) in [7, 11) is 0. The van der Waals surface area contributed by atoms with Crippen molar-refractivity contribution in [1.29, 1.82) is 0 Å². The van der Waals surface area contributed by atoms with Gasteiger partial charge in [-0.2, -0.15) is 0 Å². The Morgan fingerprint density at radius 2 is 1.67 bits per heavy atom. The van der Waals surface area contributed by atoms with Gasteiger partial charge in [0.05, 0.1) is 0 Å². The van der Waals surface area contributed by atoms with E-state index in [2.05, 4.69) is 0 Å². The number of hydrogen-bond acceptors (Lipinski definition) is 3. The molecule has 0 bridgehead atoms. The van der Waals surface area contributed by atoms with Crippen LogP contribution in [0.2, 0.25) is 0 Å². The summed E-state index contributed by atoms with van der Waals surface area (Å²) in [5.74, 6) is 0.162. The van der Waals surface area contributed by atoms with Crippen LogP contribution in [0.1, 0.15) is 31.1 Å². The second-order valence-corrected chi connectivity index (χ2v) is 3.64. The lowest BCUT2D eigenvalue weighted by Crippen LogP contribution is -2.07. The lowest BCUT2D eigenvalue weighted by molar-refractivity contribution is -0.131. The van der Waals surface area contributed by atoms with E-state index < -0.39 is 0 Å². The second kappa shape index (κ2) is 4.73. The molecule has 3 nitrogen and oxygen atoms in total. The van der Waals surface area contributed by atoms with Gasteiger partial charge in [0.2, 0.25) is 0 Å². The fourth-order valence-corrected chi connectivity index (χ4v) is 1.19. The molecule has 1 aromatic rings. The summed E-state index contributed by atoms with van der Waals surface area (Å²) in [6.45, 7) is 5.04. The lowest BCUT2D eigenvalue weighted by Gasteiger charge is -2.05. The molecule has 0 N–H and O–H groups in total. The summed E-state index contributed by atoms with van der Waals surface area (Å²) < 4.78 is 4.86. The van der Waals surface area contributed by atoms with Crippen LogP contribution >= 0.6 is 0 Å². The first-order valence-corrected chi connectivity index (χ1v) is 4.83. The van der Waals surface area contributed by atoms with Crippen LogP contribution in [0.4, 0.5) is 0 Å². The van der Waals surface area contributed by atoms with Crippen molar-refractivity contribution < 1.29 is 14.3 Å². The van der Waals surface area contributed by atoms with Crippen LogP contribution in [0.3, 0.4) is 0 Å². The quantitative estimate of drug-likeness (QED) is 0.433. The first-order valence-electron chi connectivity index (χ1n) is 4.83. The molecular weight excluding hydrogens is 192 g/mol. The van der Waals surface area contributed by atoms with Crippen molar-refractivity contribution in [3.8, 4) is 5.75 Å². The van der Waals surface area contributed by atoms with E-state index in [4.69, 9.17) is 4.74 Å². The Bertz CT molecular complexity index is 363. The van der Waals surface area contributed by atoms with E-state index in [9.17, 15) is 9.59 Å². The summed E-state index contributed by atoms with van der Waals surface area (Å²) in [6.07, 6.45) is 0. The monoisotopic (exact) mass is 206 g/mol. The highest BCUT2D eigenvalue weighted by Crippen LogP contribution is 2.15. The van der Waals surface area contributed by atoms with Crippen molar-refractivity contribution in [2.75, 3.05) is 0 Å². The highest BCUT2D eigenvalue weighted by molar-refractivity contribution is 5.97. The molecule has 0 aromatic heterocycles. The molecule has 0 saturated heterocycles. The molecule has 15 heavy (non-hydrogen) atoms. The molecule has 0 aliphatic carbocycles. The molecule has 0 saturated carbocycles. The van der Waals surface area contributed by atoms with Gasteiger partial charge in [-0.3, -0.25) is 9.59 Å². The van der Waals surface area contributed by atoms with Crippen molar-refractivity contribution in [1.82, 2.24) is 0 Å². The van der Waals surface area contributed by atoms with Crippen LogP contribution in [0.5, 0.6) is 5.75 Å². The third kappa shape index (κ3) is 3.20. The largest absolute Gasteiger partial charge is 0.427 e. The van der Waals surface area contributed by atoms with Crippen LogP contribution in [0.15, 0.2) is 24.3 Å². The van der Waals surface area contributed by atoms with E-state index in [-0.39, 0.29) is 17.7 Å². The summed E-state index contributed by atoms with van der Waals surface area (Å²) in [5, 5.41) is 0. The Labute approximate surface area is 89.1 Å². The van der Waals surface area contributed by atoms with Gasteiger partial charge in [0, 0.05) is 18.4 Å². The predicted octanol–water partition coefficient (Wildman–Crippen LogP) is 2.45. The van der Waals surface area contributed by atoms with Gasteiger partial charge in [0.25, 0.3) is 0 Å². The molecule has 0 aliphatic rings. The molecule has 0 aliphatic heterocycles. The summed E-state index contributed by atoms with van der Waals surface area (Å²) in [4.78, 5) is 22.2. The third-order valence-electron chi connectivity index (χ3n) is 1.92. The zero-order chi connectivity index (χ0) is 11.4. The van der Waals surface area contributed by atoms with Gasteiger partial charge >= 0.3 is 5.97 Å². The Balaban J connectivity index is 2.81. The van der Waals surface area contributed by atoms with E-state index in [0.29, 0.717) is 11.3 Å². The van der Waals surface area contributed by atoms with Gasteiger partial charge in [-0.1, -0.05) is 13.8 Å². The minimum Gasteiger partial charge on any atom is -0.427 e. The van der Waals surface area contributed by atoms with Gasteiger partial charge < -0.3 is 4.74 Å². The van der Waals surface area contributed by atoms with Crippen molar-refractivity contribution in [2.24, 2.45) is 5.92 Å². The third-order valence-corrected chi connectivity index (χ3v) is 1.92. The van der Waals surface area contributed by atoms with E-state index in [1.165, 1.54) is 6.92 Å². The number of ether oxygens (including phenoxy) is 1. The highest BCUT2D eigenvalue weighted by Gasteiger charge is 2.10. The Morgan fingerprint density at radius 1 is 1.13 bits per heavy atom. The standard InChI is InChI=1S/C12H14O3/c1-8(2)12(14)10-4-6-11(7-5-10)15-9(3)13/h4-8H,1-3H3. The number of ketones is 1. The Hall–Kier alpha value is -1.64. The van der Waals surface area contributed by atoms with Gasteiger partial charge in [-0.05, 0) is 24.3 Å². The smallest absolute Gasteiger partial charge is 0.308 e. The average Bonchev–Trinajstić information content (AvgIpc) is 2.17. The average molecular weight is 206 g/mol. The van der Waals surface area contributed by atoms with Crippen LogP contribution < -0.4 is 4.74 Å². The van der Waals surface area contributed by atoms with E-state index >= 15 is 0 Å². The number of carbonyl (C=O) groups excluding carboxylic acids is 2.